The van der Waals surface area contributed by atoms with E-state index >= 15 is 0 Å². The van der Waals surface area contributed by atoms with E-state index in [1.165, 1.54) is 10.9 Å². The number of hydrogen-bond donors (Lipinski definition) is 3. The molecule has 1 aromatic heterocycles. The molecule has 5 nitrogen and oxygen atoms in total. The summed E-state index contributed by atoms with van der Waals surface area (Å²) in [5.74, 6) is 0. The highest BCUT2D eigenvalue weighted by atomic mass is 16.6. The summed E-state index contributed by atoms with van der Waals surface area (Å²) in [5, 5.41) is 7.52. The Labute approximate surface area is 137 Å². The lowest BCUT2D eigenvalue weighted by atomic mass is 10.1. The van der Waals surface area contributed by atoms with E-state index in [2.05, 4.69) is 46.8 Å². The number of hydrogen-bond acceptors (Lipinski definition) is 3. The molecule has 0 bridgehead atoms. The number of aromatic nitrogens is 1. The Bertz CT molecular complexity index is 643. The van der Waals surface area contributed by atoms with Crippen molar-refractivity contribution in [3.8, 4) is 0 Å². The standard InChI is InChI=1S/C18H27N3O2/c1-5-15(12-21-17(22)23-18(2,3)4)20-11-13-6-7-16-14(10-13)8-9-19-16/h6-10,15,19-20H,5,11-12H2,1-4H3,(H,21,22). The number of benzene rings is 1. The zero-order chi connectivity index (χ0) is 16.9. The fourth-order valence-electron chi connectivity index (χ4n) is 2.36. The molecular formula is C18H27N3O2. The summed E-state index contributed by atoms with van der Waals surface area (Å²) in [6.07, 6.45) is 2.51. The highest BCUT2D eigenvalue weighted by Gasteiger charge is 2.16. The van der Waals surface area contributed by atoms with Gasteiger partial charge in [0.15, 0.2) is 0 Å². The van der Waals surface area contributed by atoms with E-state index < -0.39 is 5.60 Å². The zero-order valence-corrected chi connectivity index (χ0v) is 14.4. The van der Waals surface area contributed by atoms with Crippen LogP contribution < -0.4 is 10.6 Å². The topological polar surface area (TPSA) is 66.2 Å². The maximum absolute atomic E-state index is 11.7. The molecule has 0 aliphatic heterocycles. The van der Waals surface area contributed by atoms with Crippen LogP contribution in [0.15, 0.2) is 30.5 Å². The van der Waals surface area contributed by atoms with E-state index in [9.17, 15) is 4.79 Å². The summed E-state index contributed by atoms with van der Waals surface area (Å²) in [5.41, 5.74) is 1.91. The fourth-order valence-corrected chi connectivity index (χ4v) is 2.36. The van der Waals surface area contributed by atoms with Gasteiger partial charge in [-0.2, -0.15) is 0 Å². The molecular weight excluding hydrogens is 290 g/mol. The third kappa shape index (κ3) is 5.60. The van der Waals surface area contributed by atoms with Gasteiger partial charge < -0.3 is 20.4 Å². The van der Waals surface area contributed by atoms with E-state index in [0.717, 1.165) is 18.5 Å². The molecule has 0 radical (unpaired) electrons. The molecule has 126 valence electrons. The number of alkyl carbamates (subject to hydrolysis) is 1. The largest absolute Gasteiger partial charge is 0.444 e. The smallest absolute Gasteiger partial charge is 0.407 e. The molecule has 0 saturated carbocycles. The number of rotatable bonds is 6. The first-order chi connectivity index (χ1) is 10.9. The Kier molecular flexibility index (Phi) is 5.66. The highest BCUT2D eigenvalue weighted by molar-refractivity contribution is 5.79. The molecule has 1 atom stereocenters. The van der Waals surface area contributed by atoms with Crippen LogP contribution in [0.3, 0.4) is 0 Å². The molecule has 0 aliphatic rings. The van der Waals surface area contributed by atoms with Crippen molar-refractivity contribution in [1.29, 1.82) is 0 Å². The Balaban J connectivity index is 1.81. The first-order valence-electron chi connectivity index (χ1n) is 8.13. The molecule has 1 unspecified atom stereocenters. The summed E-state index contributed by atoms with van der Waals surface area (Å²) in [4.78, 5) is 14.9. The minimum atomic E-state index is -0.467. The predicted octanol–water partition coefficient (Wildman–Crippen LogP) is 3.56. The van der Waals surface area contributed by atoms with E-state index in [4.69, 9.17) is 4.74 Å². The molecule has 1 aromatic carbocycles. The third-order valence-electron chi connectivity index (χ3n) is 3.60. The fraction of sp³-hybridized carbons (Fsp3) is 0.500. The monoisotopic (exact) mass is 317 g/mol. The lowest BCUT2D eigenvalue weighted by Gasteiger charge is -2.22. The summed E-state index contributed by atoms with van der Waals surface area (Å²) >= 11 is 0. The number of carbonyl (C=O) groups excluding carboxylic acids is 1. The van der Waals surface area contributed by atoms with Gasteiger partial charge in [-0.25, -0.2) is 4.79 Å². The molecule has 2 rings (SSSR count). The van der Waals surface area contributed by atoms with Crippen LogP contribution in [-0.4, -0.2) is 29.3 Å². The van der Waals surface area contributed by atoms with Crippen molar-refractivity contribution in [3.63, 3.8) is 0 Å². The normalized spacial score (nSPS) is 13.0. The van der Waals surface area contributed by atoms with E-state index in [0.29, 0.717) is 6.54 Å². The third-order valence-corrected chi connectivity index (χ3v) is 3.60. The Morgan fingerprint density at radius 3 is 2.78 bits per heavy atom. The number of ether oxygens (including phenoxy) is 1. The number of aromatic amines is 1. The zero-order valence-electron chi connectivity index (χ0n) is 14.4. The van der Waals surface area contributed by atoms with Crippen LogP contribution in [0.2, 0.25) is 0 Å². The molecule has 0 fully saturated rings. The summed E-state index contributed by atoms with van der Waals surface area (Å²) < 4.78 is 5.25. The molecule has 23 heavy (non-hydrogen) atoms. The van der Waals surface area contributed by atoms with Crippen LogP contribution in [-0.2, 0) is 11.3 Å². The number of nitrogens with one attached hydrogen (secondary N) is 3. The van der Waals surface area contributed by atoms with E-state index in [1.807, 2.05) is 27.0 Å². The van der Waals surface area contributed by atoms with Crippen molar-refractivity contribution in [2.75, 3.05) is 6.54 Å². The van der Waals surface area contributed by atoms with Crippen molar-refractivity contribution < 1.29 is 9.53 Å². The lowest BCUT2D eigenvalue weighted by molar-refractivity contribution is 0.0522. The Morgan fingerprint density at radius 1 is 1.30 bits per heavy atom. The molecule has 5 heteroatoms. The Morgan fingerprint density at radius 2 is 2.09 bits per heavy atom. The summed E-state index contributed by atoms with van der Waals surface area (Å²) in [7, 11) is 0. The first-order valence-corrected chi connectivity index (χ1v) is 8.13. The van der Waals surface area contributed by atoms with Gasteiger partial charge in [-0.05, 0) is 56.3 Å². The second-order valence-corrected chi connectivity index (χ2v) is 6.77. The van der Waals surface area contributed by atoms with E-state index in [-0.39, 0.29) is 12.1 Å². The highest BCUT2D eigenvalue weighted by Crippen LogP contribution is 2.14. The number of carbonyl (C=O) groups is 1. The van der Waals surface area contributed by atoms with Crippen LogP contribution in [0.25, 0.3) is 10.9 Å². The van der Waals surface area contributed by atoms with Gasteiger partial charge in [0.2, 0.25) is 0 Å². The van der Waals surface area contributed by atoms with Crippen molar-refractivity contribution in [3.05, 3.63) is 36.0 Å². The summed E-state index contributed by atoms with van der Waals surface area (Å²) in [6, 6.07) is 8.66. The van der Waals surface area contributed by atoms with Gasteiger partial charge >= 0.3 is 6.09 Å². The average Bonchev–Trinajstić information content (AvgIpc) is 2.93. The molecule has 1 amide bonds. The SMILES string of the molecule is CCC(CNC(=O)OC(C)(C)C)NCc1ccc2[nH]ccc2c1. The minimum absolute atomic E-state index is 0.212. The van der Waals surface area contributed by atoms with Crippen molar-refractivity contribution >= 4 is 17.0 Å². The van der Waals surface area contributed by atoms with Gasteiger partial charge in [-0.1, -0.05) is 13.0 Å². The minimum Gasteiger partial charge on any atom is -0.444 e. The van der Waals surface area contributed by atoms with Gasteiger partial charge in [0.25, 0.3) is 0 Å². The van der Waals surface area contributed by atoms with Gasteiger partial charge in [-0.3, -0.25) is 0 Å². The van der Waals surface area contributed by atoms with Crippen LogP contribution in [0.5, 0.6) is 0 Å². The molecule has 3 N–H and O–H groups in total. The maximum Gasteiger partial charge on any atom is 0.407 e. The lowest BCUT2D eigenvalue weighted by Crippen LogP contribution is -2.42. The number of amides is 1. The maximum atomic E-state index is 11.7. The van der Waals surface area contributed by atoms with Gasteiger partial charge in [0.1, 0.15) is 5.60 Å². The molecule has 0 saturated heterocycles. The van der Waals surface area contributed by atoms with Gasteiger partial charge in [0.05, 0.1) is 0 Å². The van der Waals surface area contributed by atoms with Crippen molar-refractivity contribution in [1.82, 2.24) is 15.6 Å². The van der Waals surface area contributed by atoms with Gasteiger partial charge in [-0.15, -0.1) is 0 Å². The van der Waals surface area contributed by atoms with Crippen molar-refractivity contribution in [2.45, 2.75) is 52.3 Å². The summed E-state index contributed by atoms with van der Waals surface area (Å²) in [6.45, 7) is 9.01. The Hall–Kier alpha value is -2.01. The van der Waals surface area contributed by atoms with Crippen LogP contribution in [0, 0.1) is 0 Å². The second kappa shape index (κ2) is 7.51. The second-order valence-electron chi connectivity index (χ2n) is 6.77. The van der Waals surface area contributed by atoms with Gasteiger partial charge in [0, 0.05) is 30.8 Å². The van der Waals surface area contributed by atoms with E-state index in [1.54, 1.807) is 0 Å². The van der Waals surface area contributed by atoms with Crippen LogP contribution >= 0.6 is 0 Å². The quantitative estimate of drug-likeness (QED) is 0.763. The van der Waals surface area contributed by atoms with Crippen molar-refractivity contribution in [2.24, 2.45) is 0 Å². The molecule has 0 aliphatic carbocycles. The first kappa shape index (κ1) is 17.3. The number of H-pyrrole nitrogens is 1. The molecule has 1 heterocycles. The van der Waals surface area contributed by atoms with Crippen LogP contribution in [0.4, 0.5) is 4.79 Å². The predicted molar refractivity (Wildman–Crippen MR) is 93.5 cm³/mol. The molecule has 0 spiro atoms. The molecule has 2 aromatic rings. The number of fused-ring (bicyclic) bond motifs is 1. The van der Waals surface area contributed by atoms with Crippen LogP contribution in [0.1, 0.15) is 39.7 Å². The average molecular weight is 317 g/mol.